The Morgan fingerprint density at radius 1 is 1.14 bits per heavy atom. The number of hydrogen-bond acceptors (Lipinski definition) is 6. The van der Waals surface area contributed by atoms with E-state index in [-0.39, 0.29) is 18.9 Å². The number of ether oxygens (including phenoxy) is 2. The lowest BCUT2D eigenvalue weighted by Gasteiger charge is -2.68. The Morgan fingerprint density at radius 2 is 1.81 bits per heavy atom. The fraction of sp³-hybridized carbons (Fsp3) is 1.00. The third-order valence-electron chi connectivity index (χ3n) is 7.50. The van der Waals surface area contributed by atoms with E-state index >= 15 is 0 Å². The molecule has 1 spiro atoms. The molecule has 0 amide bonds. The second-order valence-electron chi connectivity index (χ2n) is 7.95. The van der Waals surface area contributed by atoms with Gasteiger partial charge in [0, 0.05) is 11.8 Å². The van der Waals surface area contributed by atoms with Crippen LogP contribution in [0.5, 0.6) is 0 Å². The normalized spacial score (nSPS) is 69.0. The molecule has 3 heterocycles. The zero-order chi connectivity index (χ0) is 15.5. The summed E-state index contributed by atoms with van der Waals surface area (Å²) >= 11 is 0. The highest BCUT2D eigenvalue weighted by Gasteiger charge is 2.85. The summed E-state index contributed by atoms with van der Waals surface area (Å²) in [6, 6.07) is 0. The summed E-state index contributed by atoms with van der Waals surface area (Å²) < 4.78 is 11.2. The van der Waals surface area contributed by atoms with Crippen LogP contribution in [0.15, 0.2) is 0 Å². The predicted molar refractivity (Wildman–Crippen MR) is 70.9 cm³/mol. The number of fused-ring (bicyclic) bond motifs is 1. The molecule has 6 heteroatoms. The fourth-order valence-corrected chi connectivity index (χ4v) is 5.77. The molecule has 21 heavy (non-hydrogen) atoms. The third-order valence-corrected chi connectivity index (χ3v) is 7.50. The van der Waals surface area contributed by atoms with Crippen molar-refractivity contribution in [1.29, 1.82) is 0 Å². The first-order valence-corrected chi connectivity index (χ1v) is 7.70. The molecular weight excluding hydrogens is 276 g/mol. The van der Waals surface area contributed by atoms with Gasteiger partial charge < -0.3 is 29.9 Å². The molecule has 1 unspecified atom stereocenters. The maximum absolute atomic E-state index is 11.6. The van der Waals surface area contributed by atoms with Gasteiger partial charge in [-0.1, -0.05) is 13.8 Å². The van der Waals surface area contributed by atoms with E-state index in [0.29, 0.717) is 6.42 Å². The van der Waals surface area contributed by atoms with Gasteiger partial charge in [-0.2, -0.15) is 0 Å². The van der Waals surface area contributed by atoms with Crippen molar-refractivity contribution in [1.82, 2.24) is 0 Å². The first-order chi connectivity index (χ1) is 9.56. The van der Waals surface area contributed by atoms with Crippen LogP contribution in [-0.2, 0) is 9.47 Å². The molecule has 5 fully saturated rings. The van der Waals surface area contributed by atoms with Crippen LogP contribution in [-0.4, -0.2) is 56.4 Å². The van der Waals surface area contributed by atoms with Crippen LogP contribution in [0.1, 0.15) is 40.0 Å². The summed E-state index contributed by atoms with van der Waals surface area (Å²) in [7, 11) is 0. The van der Waals surface area contributed by atoms with E-state index in [9.17, 15) is 20.4 Å². The van der Waals surface area contributed by atoms with Gasteiger partial charge in [-0.15, -0.1) is 0 Å². The van der Waals surface area contributed by atoms with Crippen molar-refractivity contribution < 1.29 is 29.9 Å². The lowest BCUT2D eigenvalue weighted by molar-refractivity contribution is -0.448. The van der Waals surface area contributed by atoms with E-state index in [1.807, 2.05) is 6.92 Å². The lowest BCUT2D eigenvalue weighted by Crippen LogP contribution is -2.82. The van der Waals surface area contributed by atoms with Crippen molar-refractivity contribution in [3.63, 3.8) is 0 Å². The molecule has 0 aromatic carbocycles. The van der Waals surface area contributed by atoms with Crippen LogP contribution < -0.4 is 0 Å². The summed E-state index contributed by atoms with van der Waals surface area (Å²) in [4.78, 5) is 0. The summed E-state index contributed by atoms with van der Waals surface area (Å²) in [5.41, 5.74) is -5.01. The predicted octanol–water partition coefficient (Wildman–Crippen LogP) is -0.269. The van der Waals surface area contributed by atoms with Crippen LogP contribution in [0.25, 0.3) is 0 Å². The molecule has 0 aromatic rings. The molecule has 6 nitrogen and oxygen atoms in total. The Labute approximate surface area is 123 Å². The van der Waals surface area contributed by atoms with Crippen LogP contribution in [0.2, 0.25) is 0 Å². The van der Waals surface area contributed by atoms with Crippen molar-refractivity contribution in [3.05, 3.63) is 0 Å². The summed E-state index contributed by atoms with van der Waals surface area (Å²) in [5, 5.41) is 44.5. The molecule has 2 saturated carbocycles. The molecule has 5 aliphatic rings. The quantitative estimate of drug-likeness (QED) is 0.491. The Morgan fingerprint density at radius 3 is 2.48 bits per heavy atom. The van der Waals surface area contributed by atoms with Crippen molar-refractivity contribution in [2.75, 3.05) is 6.61 Å². The molecule has 3 aliphatic heterocycles. The molecule has 3 saturated heterocycles. The topological polar surface area (TPSA) is 99.4 Å². The minimum Gasteiger partial charge on any atom is -0.388 e. The standard InChI is InChI=1S/C15H24O6/c1-8-4-5-14(18)11(2)7-20-10-9(16)13(8,14)6-15(19,21-10)12(11,3)17/h8-10,16-19H,4-7H2,1-3H3/t8-,9+,10?,11+,12-,13+,14+,15-/m1/s1. The maximum atomic E-state index is 11.6. The maximum Gasteiger partial charge on any atom is 0.199 e. The molecule has 120 valence electrons. The Bertz CT molecular complexity index is 506. The van der Waals surface area contributed by atoms with Crippen molar-refractivity contribution in [2.45, 2.75) is 69.4 Å². The van der Waals surface area contributed by atoms with Crippen LogP contribution in [0.4, 0.5) is 0 Å². The van der Waals surface area contributed by atoms with Gasteiger partial charge in [0.25, 0.3) is 0 Å². The van der Waals surface area contributed by atoms with Crippen LogP contribution >= 0.6 is 0 Å². The van der Waals surface area contributed by atoms with E-state index in [2.05, 4.69) is 0 Å². The molecule has 4 bridgehead atoms. The Hall–Kier alpha value is -0.240. The van der Waals surface area contributed by atoms with E-state index in [4.69, 9.17) is 9.47 Å². The average molecular weight is 300 g/mol. The highest BCUT2D eigenvalue weighted by Crippen LogP contribution is 2.74. The van der Waals surface area contributed by atoms with E-state index in [0.717, 1.165) is 6.42 Å². The third kappa shape index (κ3) is 1.12. The molecular formula is C15H24O6. The minimum absolute atomic E-state index is 0.00699. The first-order valence-electron chi connectivity index (χ1n) is 7.70. The number of hydrogen-bond donors (Lipinski definition) is 4. The van der Waals surface area contributed by atoms with Gasteiger partial charge in [0.2, 0.25) is 0 Å². The fourth-order valence-electron chi connectivity index (χ4n) is 5.77. The highest BCUT2D eigenvalue weighted by molar-refractivity contribution is 5.30. The molecule has 2 aliphatic carbocycles. The number of aliphatic hydroxyl groups excluding tert-OH is 1. The monoisotopic (exact) mass is 300 g/mol. The molecule has 0 aromatic heterocycles. The van der Waals surface area contributed by atoms with E-state index in [1.165, 1.54) is 6.92 Å². The van der Waals surface area contributed by atoms with Gasteiger partial charge in [0.05, 0.1) is 17.6 Å². The van der Waals surface area contributed by atoms with Gasteiger partial charge in [-0.25, -0.2) is 0 Å². The number of rotatable bonds is 0. The van der Waals surface area contributed by atoms with Gasteiger partial charge >= 0.3 is 0 Å². The summed E-state index contributed by atoms with van der Waals surface area (Å²) in [6.45, 7) is 5.25. The SMILES string of the molecule is C[C@@H]1CC[C@@]2(O)[C@@]13C[C@@]1(O)OC(OC[C@@]2(C)[C@@]1(C)O)[C@@H]3O. The first kappa shape index (κ1) is 14.4. The van der Waals surface area contributed by atoms with Gasteiger partial charge in [-0.05, 0) is 25.7 Å². The second-order valence-corrected chi connectivity index (χ2v) is 7.95. The molecule has 5 rings (SSSR count). The van der Waals surface area contributed by atoms with E-state index < -0.39 is 40.2 Å². The molecule has 4 N–H and O–H groups in total. The van der Waals surface area contributed by atoms with Crippen molar-refractivity contribution >= 4 is 0 Å². The van der Waals surface area contributed by atoms with Crippen molar-refractivity contribution in [2.24, 2.45) is 16.7 Å². The molecule has 8 atom stereocenters. The molecule has 0 radical (unpaired) electrons. The number of aliphatic hydroxyl groups is 4. The summed E-state index contributed by atoms with van der Waals surface area (Å²) in [6.07, 6.45) is -0.808. The summed E-state index contributed by atoms with van der Waals surface area (Å²) in [5.74, 6) is -1.82. The minimum atomic E-state index is -1.83. The van der Waals surface area contributed by atoms with Crippen LogP contribution in [0, 0.1) is 16.7 Å². The zero-order valence-electron chi connectivity index (χ0n) is 12.7. The van der Waals surface area contributed by atoms with Gasteiger partial charge in [0.1, 0.15) is 11.7 Å². The smallest absolute Gasteiger partial charge is 0.199 e. The van der Waals surface area contributed by atoms with Gasteiger partial charge in [0.15, 0.2) is 12.1 Å². The second kappa shape index (κ2) is 3.47. The van der Waals surface area contributed by atoms with Crippen molar-refractivity contribution in [3.8, 4) is 0 Å². The largest absolute Gasteiger partial charge is 0.388 e. The Kier molecular flexibility index (Phi) is 2.37. The Balaban J connectivity index is 2.05. The van der Waals surface area contributed by atoms with Crippen LogP contribution in [0.3, 0.4) is 0 Å². The lowest BCUT2D eigenvalue weighted by atomic mass is 9.43. The van der Waals surface area contributed by atoms with Gasteiger partial charge in [-0.3, -0.25) is 0 Å². The average Bonchev–Trinajstić information content (AvgIpc) is 2.61. The zero-order valence-corrected chi connectivity index (χ0v) is 12.7. The van der Waals surface area contributed by atoms with E-state index in [1.54, 1.807) is 6.92 Å². The highest BCUT2D eigenvalue weighted by atomic mass is 16.8.